The molecule has 1 aromatic rings. The Morgan fingerprint density at radius 3 is 2.50 bits per heavy atom. The van der Waals surface area contributed by atoms with Crippen LogP contribution in [0.1, 0.15) is 37.2 Å². The predicted molar refractivity (Wildman–Crippen MR) is 77.8 cm³/mol. The summed E-state index contributed by atoms with van der Waals surface area (Å²) in [6, 6.07) is 7.02. The molecule has 0 amide bonds. The molecule has 0 aliphatic carbocycles. The van der Waals surface area contributed by atoms with Crippen LogP contribution in [-0.2, 0) is 9.53 Å². The Labute approximate surface area is 120 Å². The van der Waals surface area contributed by atoms with Crippen LogP contribution in [0.15, 0.2) is 24.3 Å². The number of esters is 1. The summed E-state index contributed by atoms with van der Waals surface area (Å²) in [5.41, 5.74) is 0.656. The molecule has 2 rings (SSSR count). The monoisotopic (exact) mass is 277 g/mol. The van der Waals surface area contributed by atoms with Crippen LogP contribution in [0.4, 0.5) is 0 Å². The smallest absolute Gasteiger partial charge is 0.314 e. The molecule has 1 aliphatic rings. The lowest BCUT2D eigenvalue weighted by molar-refractivity contribution is -0.143. The van der Waals surface area contributed by atoms with Crippen LogP contribution in [0.2, 0.25) is 0 Å². The zero-order valence-corrected chi connectivity index (χ0v) is 12.0. The van der Waals surface area contributed by atoms with Gasteiger partial charge in [-0.2, -0.15) is 0 Å². The maximum atomic E-state index is 12.1. The normalized spacial score (nSPS) is 18.2. The second kappa shape index (κ2) is 7.29. The average Bonchev–Trinajstić information content (AvgIpc) is 2.73. The van der Waals surface area contributed by atoms with E-state index in [1.54, 1.807) is 18.2 Å². The van der Waals surface area contributed by atoms with Gasteiger partial charge in [-0.15, -0.1) is 0 Å². The first-order valence-corrected chi connectivity index (χ1v) is 7.30. The number of carbonyl (C=O) groups excluding carboxylic acids is 1. The lowest BCUT2D eigenvalue weighted by atomic mass is 9.97. The second-order valence-corrected chi connectivity index (χ2v) is 5.35. The van der Waals surface area contributed by atoms with Crippen LogP contribution in [-0.4, -0.2) is 42.7 Å². The van der Waals surface area contributed by atoms with Crippen molar-refractivity contribution in [1.82, 2.24) is 4.90 Å². The van der Waals surface area contributed by atoms with Crippen molar-refractivity contribution in [3.05, 3.63) is 29.8 Å². The summed E-state index contributed by atoms with van der Waals surface area (Å²) in [6.45, 7) is 2.65. The number of rotatable bonds is 4. The third kappa shape index (κ3) is 3.73. The molecule has 1 aliphatic heterocycles. The Kier molecular flexibility index (Phi) is 5.41. The number of phenols is 1. The molecule has 1 unspecified atom stereocenters. The van der Waals surface area contributed by atoms with Crippen LogP contribution in [0, 0.1) is 0 Å². The lowest BCUT2D eigenvalue weighted by Gasteiger charge is -2.25. The summed E-state index contributed by atoms with van der Waals surface area (Å²) in [6.07, 6.45) is 4.87. The maximum absolute atomic E-state index is 12.1. The third-order valence-electron chi connectivity index (χ3n) is 3.94. The number of ether oxygens (including phenoxy) is 1. The number of para-hydroxylation sites is 1. The number of carbonyl (C=O) groups is 1. The molecule has 0 bridgehead atoms. The summed E-state index contributed by atoms with van der Waals surface area (Å²) in [7, 11) is 1.40. The van der Waals surface area contributed by atoms with Crippen LogP contribution < -0.4 is 0 Å². The number of benzene rings is 1. The van der Waals surface area contributed by atoms with E-state index in [1.807, 2.05) is 6.07 Å². The molecule has 1 aromatic carbocycles. The fourth-order valence-corrected chi connectivity index (χ4v) is 2.80. The highest BCUT2D eigenvalue weighted by molar-refractivity contribution is 5.79. The molecule has 0 saturated carbocycles. The van der Waals surface area contributed by atoms with Gasteiger partial charge < -0.3 is 14.7 Å². The van der Waals surface area contributed by atoms with E-state index in [9.17, 15) is 9.90 Å². The van der Waals surface area contributed by atoms with Crippen molar-refractivity contribution < 1.29 is 14.6 Å². The standard InChI is InChI=1S/C16H23NO3/c1-20-16(19)14(13-8-4-5-9-15(13)18)12-17-10-6-2-3-7-11-17/h4-5,8-9,14,18H,2-3,6-7,10-12H2,1H3. The Morgan fingerprint density at radius 1 is 1.25 bits per heavy atom. The highest BCUT2D eigenvalue weighted by Crippen LogP contribution is 2.28. The van der Waals surface area contributed by atoms with Gasteiger partial charge in [-0.3, -0.25) is 4.79 Å². The number of methoxy groups -OCH3 is 1. The van der Waals surface area contributed by atoms with Crippen molar-refractivity contribution in [3.8, 4) is 5.75 Å². The first-order valence-electron chi connectivity index (χ1n) is 7.30. The van der Waals surface area contributed by atoms with E-state index < -0.39 is 5.92 Å². The van der Waals surface area contributed by atoms with Crippen molar-refractivity contribution in [3.63, 3.8) is 0 Å². The Bertz CT molecular complexity index is 439. The number of phenolic OH excluding ortho intramolecular Hbond substituents is 1. The second-order valence-electron chi connectivity index (χ2n) is 5.35. The van der Waals surface area contributed by atoms with Crippen molar-refractivity contribution in [1.29, 1.82) is 0 Å². The van der Waals surface area contributed by atoms with E-state index in [1.165, 1.54) is 32.8 Å². The molecule has 4 nitrogen and oxygen atoms in total. The van der Waals surface area contributed by atoms with E-state index in [4.69, 9.17) is 4.74 Å². The van der Waals surface area contributed by atoms with E-state index >= 15 is 0 Å². The van der Waals surface area contributed by atoms with Gasteiger partial charge in [-0.1, -0.05) is 31.0 Å². The van der Waals surface area contributed by atoms with Crippen molar-refractivity contribution >= 4 is 5.97 Å². The Balaban J connectivity index is 2.15. The molecule has 20 heavy (non-hydrogen) atoms. The molecule has 1 heterocycles. The Morgan fingerprint density at radius 2 is 1.90 bits per heavy atom. The average molecular weight is 277 g/mol. The molecule has 4 heteroatoms. The highest BCUT2D eigenvalue weighted by Gasteiger charge is 2.26. The van der Waals surface area contributed by atoms with Crippen LogP contribution in [0.3, 0.4) is 0 Å². The van der Waals surface area contributed by atoms with Gasteiger partial charge in [0.25, 0.3) is 0 Å². The third-order valence-corrected chi connectivity index (χ3v) is 3.94. The number of hydrogen-bond donors (Lipinski definition) is 1. The SMILES string of the molecule is COC(=O)C(CN1CCCCCC1)c1ccccc1O. The molecule has 0 spiro atoms. The predicted octanol–water partition coefficient (Wildman–Crippen LogP) is 2.52. The Hall–Kier alpha value is -1.55. The molecule has 1 fully saturated rings. The van der Waals surface area contributed by atoms with Gasteiger partial charge in [0, 0.05) is 12.1 Å². The topological polar surface area (TPSA) is 49.8 Å². The van der Waals surface area contributed by atoms with Crippen LogP contribution in [0.5, 0.6) is 5.75 Å². The summed E-state index contributed by atoms with van der Waals surface area (Å²) in [4.78, 5) is 14.4. The van der Waals surface area contributed by atoms with Gasteiger partial charge in [-0.05, 0) is 32.0 Å². The number of aromatic hydroxyl groups is 1. The van der Waals surface area contributed by atoms with Gasteiger partial charge in [0.2, 0.25) is 0 Å². The van der Waals surface area contributed by atoms with E-state index in [0.29, 0.717) is 12.1 Å². The quantitative estimate of drug-likeness (QED) is 0.859. The van der Waals surface area contributed by atoms with Crippen LogP contribution >= 0.6 is 0 Å². The van der Waals surface area contributed by atoms with Crippen molar-refractivity contribution in [2.75, 3.05) is 26.7 Å². The van der Waals surface area contributed by atoms with Gasteiger partial charge in [-0.25, -0.2) is 0 Å². The molecular weight excluding hydrogens is 254 g/mol. The minimum atomic E-state index is -0.417. The van der Waals surface area contributed by atoms with Gasteiger partial charge in [0.15, 0.2) is 0 Å². The molecule has 1 atom stereocenters. The largest absolute Gasteiger partial charge is 0.508 e. The van der Waals surface area contributed by atoms with Crippen LogP contribution in [0.25, 0.3) is 0 Å². The lowest BCUT2D eigenvalue weighted by Crippen LogP contribution is -2.33. The number of likely N-dealkylation sites (tertiary alicyclic amines) is 1. The molecule has 1 N–H and O–H groups in total. The first-order chi connectivity index (χ1) is 9.72. The highest BCUT2D eigenvalue weighted by atomic mass is 16.5. The van der Waals surface area contributed by atoms with E-state index in [2.05, 4.69) is 4.90 Å². The summed E-state index contributed by atoms with van der Waals surface area (Å²) in [5.74, 6) is -0.534. The first kappa shape index (κ1) is 14.9. The molecule has 110 valence electrons. The minimum Gasteiger partial charge on any atom is -0.508 e. The van der Waals surface area contributed by atoms with Gasteiger partial charge in [0.05, 0.1) is 13.0 Å². The maximum Gasteiger partial charge on any atom is 0.314 e. The fourth-order valence-electron chi connectivity index (χ4n) is 2.80. The molecule has 0 radical (unpaired) electrons. The van der Waals surface area contributed by atoms with E-state index in [0.717, 1.165) is 13.1 Å². The zero-order chi connectivity index (χ0) is 14.4. The van der Waals surface area contributed by atoms with Gasteiger partial charge in [0.1, 0.15) is 5.75 Å². The van der Waals surface area contributed by atoms with E-state index in [-0.39, 0.29) is 11.7 Å². The summed E-state index contributed by atoms with van der Waals surface area (Å²) in [5, 5.41) is 9.98. The molecule has 0 aromatic heterocycles. The van der Waals surface area contributed by atoms with Crippen molar-refractivity contribution in [2.45, 2.75) is 31.6 Å². The van der Waals surface area contributed by atoms with Gasteiger partial charge >= 0.3 is 5.97 Å². The summed E-state index contributed by atoms with van der Waals surface area (Å²) < 4.78 is 4.92. The molecule has 1 saturated heterocycles. The number of hydrogen-bond acceptors (Lipinski definition) is 4. The fraction of sp³-hybridized carbons (Fsp3) is 0.562. The molecular formula is C16H23NO3. The summed E-state index contributed by atoms with van der Waals surface area (Å²) >= 11 is 0. The zero-order valence-electron chi connectivity index (χ0n) is 12.0. The van der Waals surface area contributed by atoms with Crippen molar-refractivity contribution in [2.24, 2.45) is 0 Å². The number of nitrogens with zero attached hydrogens (tertiary/aromatic N) is 1. The minimum absolute atomic E-state index is 0.165.